The number of halogens is 1. The molecule has 4 aliphatic carbocycles. The van der Waals surface area contributed by atoms with E-state index in [1.54, 1.807) is 12.7 Å². The van der Waals surface area contributed by atoms with Gasteiger partial charge in [-0.05, 0) is 67.6 Å². The summed E-state index contributed by atoms with van der Waals surface area (Å²) < 4.78 is 5.81. The molecule has 0 amide bonds. The molecular weight excluding hydrogens is 268 g/mol. The summed E-state index contributed by atoms with van der Waals surface area (Å²) in [5.74, 6) is 3.20. The lowest BCUT2D eigenvalue weighted by molar-refractivity contribution is 0.0843. The van der Waals surface area contributed by atoms with Gasteiger partial charge in [-0.2, -0.15) is 0 Å². The Kier molecular flexibility index (Phi) is 2.89. The van der Waals surface area contributed by atoms with Crippen molar-refractivity contribution in [2.75, 3.05) is 7.11 Å². The molecule has 4 fully saturated rings. The Balaban J connectivity index is 1.79. The Labute approximate surface area is 126 Å². The molecule has 4 bridgehead atoms. The Morgan fingerprint density at radius 1 is 1.30 bits per heavy atom. The van der Waals surface area contributed by atoms with Crippen molar-refractivity contribution in [3.05, 3.63) is 41.5 Å². The molecule has 1 radical (unpaired) electrons. The summed E-state index contributed by atoms with van der Waals surface area (Å²) in [5, 5.41) is 0. The van der Waals surface area contributed by atoms with Crippen LogP contribution in [0.2, 0.25) is 0 Å². The van der Waals surface area contributed by atoms with Crippen LogP contribution in [0.4, 0.5) is 0 Å². The first kappa shape index (κ1) is 12.8. The minimum Gasteiger partial charge on any atom is -0.496 e. The number of alkyl halides is 1. The predicted octanol–water partition coefficient (Wildman–Crippen LogP) is 4.66. The van der Waals surface area contributed by atoms with Gasteiger partial charge in [-0.3, -0.25) is 0 Å². The van der Waals surface area contributed by atoms with Crippen molar-refractivity contribution in [2.45, 2.75) is 37.0 Å². The third-order valence-electron chi connectivity index (χ3n) is 5.43. The predicted molar refractivity (Wildman–Crippen MR) is 81.3 cm³/mol. The van der Waals surface area contributed by atoms with E-state index < -0.39 is 0 Å². The fourth-order valence-corrected chi connectivity index (χ4v) is 5.59. The molecule has 1 aromatic rings. The number of methoxy groups -OCH3 is 1. The summed E-state index contributed by atoms with van der Waals surface area (Å²) in [6.07, 6.45) is 6.13. The molecule has 0 N–H and O–H groups in total. The first-order chi connectivity index (χ1) is 9.68. The van der Waals surface area contributed by atoms with E-state index in [1.165, 1.54) is 24.8 Å². The van der Waals surface area contributed by atoms with Gasteiger partial charge < -0.3 is 4.74 Å². The molecular formula is C18H20ClO. The second-order valence-corrected chi connectivity index (χ2v) is 7.58. The average Bonchev–Trinajstić information content (AvgIpc) is 2.42. The Hall–Kier alpha value is -0.950. The number of ether oxygens (including phenoxy) is 1. The van der Waals surface area contributed by atoms with Crippen molar-refractivity contribution in [3.8, 4) is 0 Å². The normalized spacial score (nSPS) is 38.1. The van der Waals surface area contributed by atoms with Crippen LogP contribution in [0.15, 0.2) is 29.8 Å². The molecule has 0 saturated heterocycles. The van der Waals surface area contributed by atoms with Crippen LogP contribution in [0.5, 0.6) is 0 Å². The van der Waals surface area contributed by atoms with E-state index in [0.717, 1.165) is 24.5 Å². The Bertz CT molecular complexity index is 530. The minimum absolute atomic E-state index is 0.0850. The SMILES string of the molecule is COC(=C1C2CC3CC1CC(Cl)(C3)C2)c1c[c]ccc1. The van der Waals surface area contributed by atoms with E-state index in [4.69, 9.17) is 16.3 Å². The molecule has 2 heteroatoms. The number of allylic oxidation sites excluding steroid dienone is 1. The lowest BCUT2D eigenvalue weighted by atomic mass is 9.53. The van der Waals surface area contributed by atoms with Gasteiger partial charge in [-0.15, -0.1) is 11.6 Å². The largest absolute Gasteiger partial charge is 0.496 e. The Morgan fingerprint density at radius 2 is 2.05 bits per heavy atom. The van der Waals surface area contributed by atoms with Crippen LogP contribution < -0.4 is 0 Å². The quantitative estimate of drug-likeness (QED) is 0.568. The molecule has 105 valence electrons. The van der Waals surface area contributed by atoms with Crippen molar-refractivity contribution >= 4 is 17.4 Å². The first-order valence-corrected chi connectivity index (χ1v) is 8.00. The van der Waals surface area contributed by atoms with E-state index in [2.05, 4.69) is 12.1 Å². The highest BCUT2D eigenvalue weighted by Gasteiger charge is 2.53. The molecule has 20 heavy (non-hydrogen) atoms. The summed E-state index contributed by atoms with van der Waals surface area (Å²) in [6, 6.07) is 11.3. The van der Waals surface area contributed by atoms with Gasteiger partial charge in [-0.25, -0.2) is 0 Å². The minimum atomic E-state index is 0.0850. The van der Waals surface area contributed by atoms with Crippen molar-refractivity contribution in [1.29, 1.82) is 0 Å². The zero-order valence-corrected chi connectivity index (χ0v) is 12.6. The third-order valence-corrected chi connectivity index (χ3v) is 5.89. The van der Waals surface area contributed by atoms with E-state index in [-0.39, 0.29) is 4.87 Å². The van der Waals surface area contributed by atoms with Gasteiger partial charge in [0.1, 0.15) is 5.76 Å². The standard InChI is InChI=1S/C18H20ClO/c1-20-17(13-5-3-2-4-6-13)16-14-7-12-8-15(16)11-18(19,9-12)10-14/h2-3,5-6,12,14-15H,7-11H2,1H3. The maximum atomic E-state index is 6.82. The topological polar surface area (TPSA) is 9.23 Å². The number of rotatable bonds is 2. The first-order valence-electron chi connectivity index (χ1n) is 7.62. The average molecular weight is 288 g/mol. The van der Waals surface area contributed by atoms with Gasteiger partial charge in [0.2, 0.25) is 0 Å². The van der Waals surface area contributed by atoms with E-state index in [9.17, 15) is 0 Å². The molecule has 0 aromatic heterocycles. The van der Waals surface area contributed by atoms with Gasteiger partial charge in [0.05, 0.1) is 7.11 Å². The lowest BCUT2D eigenvalue weighted by Gasteiger charge is -2.55. The van der Waals surface area contributed by atoms with Gasteiger partial charge in [0.25, 0.3) is 0 Å². The highest BCUT2D eigenvalue weighted by atomic mass is 35.5. The molecule has 1 aromatic carbocycles. The van der Waals surface area contributed by atoms with Crippen molar-refractivity contribution < 1.29 is 4.74 Å². The number of benzene rings is 1. The van der Waals surface area contributed by atoms with Crippen LogP contribution in [0.3, 0.4) is 0 Å². The lowest BCUT2D eigenvalue weighted by Crippen LogP contribution is -2.48. The van der Waals surface area contributed by atoms with Crippen LogP contribution in [-0.2, 0) is 4.74 Å². The number of hydrogen-bond donors (Lipinski definition) is 0. The van der Waals surface area contributed by atoms with Gasteiger partial charge in [-0.1, -0.05) is 18.2 Å². The second kappa shape index (κ2) is 4.53. The van der Waals surface area contributed by atoms with E-state index >= 15 is 0 Å². The smallest absolute Gasteiger partial charge is 0.125 e. The molecule has 2 unspecified atom stereocenters. The molecule has 2 atom stereocenters. The summed E-state index contributed by atoms with van der Waals surface area (Å²) in [4.78, 5) is 0.0850. The second-order valence-electron chi connectivity index (χ2n) is 6.78. The van der Waals surface area contributed by atoms with Crippen LogP contribution in [-0.4, -0.2) is 12.0 Å². The highest BCUT2D eigenvalue weighted by Crippen LogP contribution is 2.61. The molecule has 0 spiro atoms. The van der Waals surface area contributed by atoms with E-state index in [1.807, 2.05) is 18.2 Å². The maximum Gasteiger partial charge on any atom is 0.125 e. The number of hydrogen-bond acceptors (Lipinski definition) is 1. The summed E-state index contributed by atoms with van der Waals surface area (Å²) in [5.41, 5.74) is 2.71. The van der Waals surface area contributed by atoms with Gasteiger partial charge in [0.15, 0.2) is 0 Å². The maximum absolute atomic E-state index is 6.82. The monoisotopic (exact) mass is 287 g/mol. The Morgan fingerprint density at radius 3 is 2.60 bits per heavy atom. The molecule has 0 aliphatic heterocycles. The van der Waals surface area contributed by atoms with Crippen LogP contribution >= 0.6 is 11.6 Å². The highest BCUT2D eigenvalue weighted by molar-refractivity contribution is 6.24. The summed E-state index contributed by atoms with van der Waals surface area (Å²) >= 11 is 6.82. The third kappa shape index (κ3) is 1.90. The molecule has 5 rings (SSSR count). The van der Waals surface area contributed by atoms with Crippen molar-refractivity contribution in [2.24, 2.45) is 17.8 Å². The van der Waals surface area contributed by atoms with Gasteiger partial charge in [0, 0.05) is 10.4 Å². The van der Waals surface area contributed by atoms with Crippen molar-refractivity contribution in [1.82, 2.24) is 0 Å². The fraction of sp³-hybridized carbons (Fsp3) is 0.556. The fourth-order valence-electron chi connectivity index (χ4n) is 5.00. The molecule has 4 aliphatic rings. The van der Waals surface area contributed by atoms with Crippen molar-refractivity contribution in [3.63, 3.8) is 0 Å². The van der Waals surface area contributed by atoms with Crippen LogP contribution in [0.1, 0.15) is 37.7 Å². The summed E-state index contributed by atoms with van der Waals surface area (Å²) in [7, 11) is 1.80. The van der Waals surface area contributed by atoms with Crippen LogP contribution in [0.25, 0.3) is 5.76 Å². The zero-order valence-electron chi connectivity index (χ0n) is 11.9. The summed E-state index contributed by atoms with van der Waals surface area (Å²) in [6.45, 7) is 0. The molecule has 0 heterocycles. The molecule has 1 nitrogen and oxygen atoms in total. The zero-order chi connectivity index (χ0) is 13.7. The molecule has 4 saturated carbocycles. The van der Waals surface area contributed by atoms with E-state index in [0.29, 0.717) is 11.8 Å². The van der Waals surface area contributed by atoms with Crippen LogP contribution in [0, 0.1) is 23.8 Å². The van der Waals surface area contributed by atoms with Gasteiger partial charge >= 0.3 is 0 Å².